The summed E-state index contributed by atoms with van der Waals surface area (Å²) in [4.78, 5) is 16.0. The Morgan fingerprint density at radius 2 is 2.24 bits per heavy atom. The number of imidazole rings is 1. The molecule has 0 saturated carbocycles. The topological polar surface area (TPSA) is 61.0 Å². The molecule has 0 unspecified atom stereocenters. The van der Waals surface area contributed by atoms with E-state index in [9.17, 15) is 10.1 Å². The second-order valence-corrected chi connectivity index (χ2v) is 6.20. The molecule has 0 saturated heterocycles. The van der Waals surface area contributed by atoms with Gasteiger partial charge in [-0.05, 0) is 39.0 Å². The molecule has 0 spiro atoms. The van der Waals surface area contributed by atoms with Crippen molar-refractivity contribution in [2.45, 2.75) is 6.54 Å². The third kappa shape index (κ3) is 2.88. The molecule has 106 valence electrons. The molecule has 0 aliphatic heterocycles. The van der Waals surface area contributed by atoms with Crippen LogP contribution < -0.4 is 0 Å². The fraction of sp³-hybridized carbons (Fsp3) is 0.0714. The smallest absolute Gasteiger partial charge is 0.283 e. The van der Waals surface area contributed by atoms with Gasteiger partial charge in [-0.3, -0.25) is 10.1 Å². The van der Waals surface area contributed by atoms with Crippen LogP contribution in [0.25, 0.3) is 10.7 Å². The molecular weight excluding hydrogens is 354 g/mol. The molecule has 7 heteroatoms. The number of halogens is 1. The van der Waals surface area contributed by atoms with E-state index in [-0.39, 0.29) is 10.6 Å². The van der Waals surface area contributed by atoms with Crippen molar-refractivity contribution < 1.29 is 4.92 Å². The van der Waals surface area contributed by atoms with Gasteiger partial charge in [0.25, 0.3) is 5.69 Å². The zero-order chi connectivity index (χ0) is 14.8. The molecule has 1 aromatic carbocycles. The lowest BCUT2D eigenvalue weighted by Gasteiger charge is -2.07. The molecule has 0 bridgehead atoms. The SMILES string of the molecule is O=[N+]([O-])c1cc(Cn2ccnc2-c2cccs2)ccc1Br. The minimum atomic E-state index is -0.387. The van der Waals surface area contributed by atoms with Crippen LogP contribution in [-0.2, 0) is 6.54 Å². The molecule has 3 aromatic rings. The van der Waals surface area contributed by atoms with Gasteiger partial charge >= 0.3 is 0 Å². The van der Waals surface area contributed by atoms with Gasteiger partial charge in [-0.2, -0.15) is 0 Å². The van der Waals surface area contributed by atoms with Crippen LogP contribution in [0.4, 0.5) is 5.69 Å². The maximum Gasteiger partial charge on any atom is 0.283 e. The van der Waals surface area contributed by atoms with Gasteiger partial charge in [-0.1, -0.05) is 12.1 Å². The van der Waals surface area contributed by atoms with Gasteiger partial charge in [0.05, 0.1) is 14.3 Å². The molecule has 3 rings (SSSR count). The lowest BCUT2D eigenvalue weighted by atomic mass is 10.2. The third-order valence-electron chi connectivity index (χ3n) is 3.02. The zero-order valence-corrected chi connectivity index (χ0v) is 13.2. The number of hydrogen-bond donors (Lipinski definition) is 0. The largest absolute Gasteiger partial charge is 0.326 e. The lowest BCUT2D eigenvalue weighted by molar-refractivity contribution is -0.385. The number of hydrogen-bond acceptors (Lipinski definition) is 4. The molecule has 0 aliphatic rings. The van der Waals surface area contributed by atoms with Crippen LogP contribution in [0.15, 0.2) is 52.6 Å². The monoisotopic (exact) mass is 363 g/mol. The first-order chi connectivity index (χ1) is 10.1. The molecule has 21 heavy (non-hydrogen) atoms. The summed E-state index contributed by atoms with van der Waals surface area (Å²) in [5.74, 6) is 0.871. The Morgan fingerprint density at radius 1 is 1.38 bits per heavy atom. The van der Waals surface area contributed by atoms with Crippen molar-refractivity contribution in [1.29, 1.82) is 0 Å². The molecule has 2 aromatic heterocycles. The number of thiophene rings is 1. The second-order valence-electron chi connectivity index (χ2n) is 4.40. The van der Waals surface area contributed by atoms with E-state index in [0.29, 0.717) is 11.0 Å². The Bertz CT molecular complexity index is 783. The highest BCUT2D eigenvalue weighted by molar-refractivity contribution is 9.10. The van der Waals surface area contributed by atoms with Crippen LogP contribution in [0.2, 0.25) is 0 Å². The molecule has 0 fully saturated rings. The standard InChI is InChI=1S/C14H10BrN3O2S/c15-11-4-3-10(8-12(11)18(19)20)9-17-6-5-16-14(17)13-2-1-7-21-13/h1-8H,9H2. The number of nitro benzene ring substituents is 1. The maximum absolute atomic E-state index is 11.0. The van der Waals surface area contributed by atoms with Gasteiger partial charge in [0.1, 0.15) is 5.82 Å². The molecule has 2 heterocycles. The van der Waals surface area contributed by atoms with Crippen LogP contribution in [0.1, 0.15) is 5.56 Å². The predicted molar refractivity (Wildman–Crippen MR) is 85.4 cm³/mol. The molecule has 0 aliphatic carbocycles. The predicted octanol–water partition coefficient (Wildman–Crippen LogP) is 4.33. The highest BCUT2D eigenvalue weighted by Gasteiger charge is 2.13. The van der Waals surface area contributed by atoms with E-state index >= 15 is 0 Å². The van der Waals surface area contributed by atoms with E-state index < -0.39 is 0 Å². The quantitative estimate of drug-likeness (QED) is 0.511. The Kier molecular flexibility index (Phi) is 3.85. The van der Waals surface area contributed by atoms with E-state index in [2.05, 4.69) is 20.9 Å². The summed E-state index contributed by atoms with van der Waals surface area (Å²) in [5, 5.41) is 13.0. The van der Waals surface area contributed by atoms with Crippen molar-refractivity contribution in [2.75, 3.05) is 0 Å². The van der Waals surface area contributed by atoms with Gasteiger partial charge in [0.15, 0.2) is 0 Å². The van der Waals surface area contributed by atoms with E-state index in [1.54, 1.807) is 29.7 Å². The third-order valence-corrected chi connectivity index (χ3v) is 4.55. The highest BCUT2D eigenvalue weighted by Crippen LogP contribution is 2.27. The van der Waals surface area contributed by atoms with Gasteiger partial charge in [0.2, 0.25) is 0 Å². The summed E-state index contributed by atoms with van der Waals surface area (Å²) in [6.07, 6.45) is 3.62. The Labute approximate surface area is 133 Å². The van der Waals surface area contributed by atoms with Gasteiger partial charge in [-0.15, -0.1) is 11.3 Å². The number of rotatable bonds is 4. The van der Waals surface area contributed by atoms with E-state index in [1.807, 2.05) is 34.3 Å². The Balaban J connectivity index is 1.93. The summed E-state index contributed by atoms with van der Waals surface area (Å²) in [6.45, 7) is 0.543. The normalized spacial score (nSPS) is 10.7. The maximum atomic E-state index is 11.0. The summed E-state index contributed by atoms with van der Waals surface area (Å²) in [5.41, 5.74) is 0.936. The first-order valence-corrected chi connectivity index (χ1v) is 7.80. The van der Waals surface area contributed by atoms with Crippen LogP contribution in [-0.4, -0.2) is 14.5 Å². The summed E-state index contributed by atoms with van der Waals surface area (Å²) < 4.78 is 2.47. The number of aromatic nitrogens is 2. The summed E-state index contributed by atoms with van der Waals surface area (Å²) in [6, 6.07) is 9.14. The lowest BCUT2D eigenvalue weighted by Crippen LogP contribution is -2.01. The van der Waals surface area contributed by atoms with Crippen molar-refractivity contribution >= 4 is 33.0 Å². The average molecular weight is 364 g/mol. The number of nitrogens with zero attached hydrogens (tertiary/aromatic N) is 3. The average Bonchev–Trinajstić information content (AvgIpc) is 3.11. The minimum absolute atomic E-state index is 0.0743. The second kappa shape index (κ2) is 5.79. The fourth-order valence-corrected chi connectivity index (χ4v) is 3.19. The van der Waals surface area contributed by atoms with Crippen molar-refractivity contribution in [3.8, 4) is 10.7 Å². The fourth-order valence-electron chi connectivity index (χ4n) is 2.06. The van der Waals surface area contributed by atoms with E-state index in [4.69, 9.17) is 0 Å². The summed E-state index contributed by atoms with van der Waals surface area (Å²) >= 11 is 4.81. The molecule has 5 nitrogen and oxygen atoms in total. The number of nitro groups is 1. The van der Waals surface area contributed by atoms with Gasteiger partial charge in [0, 0.05) is 25.0 Å². The van der Waals surface area contributed by atoms with E-state index in [0.717, 1.165) is 16.3 Å². The Hall–Kier alpha value is -1.99. The highest BCUT2D eigenvalue weighted by atomic mass is 79.9. The van der Waals surface area contributed by atoms with Crippen molar-refractivity contribution in [2.24, 2.45) is 0 Å². The van der Waals surface area contributed by atoms with Crippen LogP contribution in [0, 0.1) is 10.1 Å². The van der Waals surface area contributed by atoms with Gasteiger partial charge < -0.3 is 4.57 Å². The van der Waals surface area contributed by atoms with E-state index in [1.165, 1.54) is 0 Å². The first kappa shape index (κ1) is 14.0. The number of benzene rings is 1. The molecule has 0 atom stereocenters. The molecule has 0 radical (unpaired) electrons. The van der Waals surface area contributed by atoms with Crippen LogP contribution in [0.3, 0.4) is 0 Å². The van der Waals surface area contributed by atoms with Crippen LogP contribution >= 0.6 is 27.3 Å². The van der Waals surface area contributed by atoms with Crippen molar-refractivity contribution in [1.82, 2.24) is 9.55 Å². The zero-order valence-electron chi connectivity index (χ0n) is 10.8. The van der Waals surface area contributed by atoms with Crippen LogP contribution in [0.5, 0.6) is 0 Å². The van der Waals surface area contributed by atoms with Gasteiger partial charge in [-0.25, -0.2) is 4.98 Å². The van der Waals surface area contributed by atoms with Crippen molar-refractivity contribution in [3.63, 3.8) is 0 Å². The minimum Gasteiger partial charge on any atom is -0.326 e. The molecule has 0 amide bonds. The first-order valence-electron chi connectivity index (χ1n) is 6.13. The van der Waals surface area contributed by atoms with Crippen molar-refractivity contribution in [3.05, 3.63) is 68.3 Å². The molecular formula is C14H10BrN3O2S. The molecule has 0 N–H and O–H groups in total. The Morgan fingerprint density at radius 3 is 2.95 bits per heavy atom. The summed E-state index contributed by atoms with van der Waals surface area (Å²) in [7, 11) is 0.